The number of methoxy groups -OCH3 is 1. The van der Waals surface area contributed by atoms with E-state index in [1.54, 1.807) is 18.2 Å². The Morgan fingerprint density at radius 2 is 2.22 bits per heavy atom. The second-order valence-electron chi connectivity index (χ2n) is 4.27. The summed E-state index contributed by atoms with van der Waals surface area (Å²) < 4.78 is 10.5. The summed E-state index contributed by atoms with van der Waals surface area (Å²) in [4.78, 5) is 11.5. The number of hydrogen-bond acceptors (Lipinski definition) is 4. The third kappa shape index (κ3) is 3.37. The number of ether oxygens (including phenoxy) is 2. The highest BCUT2D eigenvalue weighted by Gasteiger charge is 2.23. The van der Waals surface area contributed by atoms with Crippen LogP contribution in [0.4, 0.5) is 0 Å². The summed E-state index contributed by atoms with van der Waals surface area (Å²) in [6.07, 6.45) is 2.10. The molecule has 0 heterocycles. The van der Waals surface area contributed by atoms with Gasteiger partial charge in [-0.05, 0) is 30.5 Å². The van der Waals surface area contributed by atoms with Crippen LogP contribution in [0, 0.1) is 0 Å². The maximum atomic E-state index is 11.5. The van der Waals surface area contributed by atoms with Crippen molar-refractivity contribution in [1.29, 1.82) is 0 Å². The van der Waals surface area contributed by atoms with Gasteiger partial charge in [0.2, 0.25) is 0 Å². The molecule has 5 heteroatoms. The molecule has 0 spiro atoms. The van der Waals surface area contributed by atoms with Crippen molar-refractivity contribution in [3.05, 3.63) is 23.8 Å². The standard InChI is InChI=1S/C13H17NO4/c1-17-11-5-2-9(7-15)6-12(11)18-8-13(16)14-10-3-4-10/h2,5-6,10,15H,3-4,7-8H2,1H3,(H,14,16). The number of hydrogen-bond donors (Lipinski definition) is 2. The summed E-state index contributed by atoms with van der Waals surface area (Å²) in [5.74, 6) is 0.885. The van der Waals surface area contributed by atoms with Crippen molar-refractivity contribution < 1.29 is 19.4 Å². The van der Waals surface area contributed by atoms with E-state index >= 15 is 0 Å². The topological polar surface area (TPSA) is 67.8 Å². The predicted molar refractivity (Wildman–Crippen MR) is 65.6 cm³/mol. The normalized spacial score (nSPS) is 14.1. The Morgan fingerprint density at radius 1 is 1.44 bits per heavy atom. The van der Waals surface area contributed by atoms with E-state index in [-0.39, 0.29) is 19.1 Å². The molecular weight excluding hydrogens is 234 g/mol. The SMILES string of the molecule is COc1ccc(CO)cc1OCC(=O)NC1CC1. The van der Waals surface area contributed by atoms with Crippen LogP contribution in [-0.4, -0.2) is 30.8 Å². The quantitative estimate of drug-likeness (QED) is 0.786. The van der Waals surface area contributed by atoms with Gasteiger partial charge in [-0.1, -0.05) is 6.07 Å². The molecule has 0 radical (unpaired) electrons. The lowest BCUT2D eigenvalue weighted by Gasteiger charge is -2.11. The summed E-state index contributed by atoms with van der Waals surface area (Å²) in [6.45, 7) is -0.115. The summed E-state index contributed by atoms with van der Waals surface area (Å²) >= 11 is 0. The van der Waals surface area contributed by atoms with Gasteiger partial charge < -0.3 is 19.9 Å². The van der Waals surface area contributed by atoms with Crippen LogP contribution in [0.15, 0.2) is 18.2 Å². The molecule has 1 aromatic rings. The number of aliphatic hydroxyl groups is 1. The fraction of sp³-hybridized carbons (Fsp3) is 0.462. The van der Waals surface area contributed by atoms with Gasteiger partial charge in [-0.2, -0.15) is 0 Å². The van der Waals surface area contributed by atoms with Gasteiger partial charge in [-0.25, -0.2) is 0 Å². The Balaban J connectivity index is 1.95. The van der Waals surface area contributed by atoms with Crippen molar-refractivity contribution in [2.75, 3.05) is 13.7 Å². The van der Waals surface area contributed by atoms with E-state index in [9.17, 15) is 4.79 Å². The van der Waals surface area contributed by atoms with E-state index in [0.29, 0.717) is 23.1 Å². The van der Waals surface area contributed by atoms with Crippen LogP contribution in [0.2, 0.25) is 0 Å². The Kier molecular flexibility index (Phi) is 4.04. The van der Waals surface area contributed by atoms with Crippen LogP contribution in [0.3, 0.4) is 0 Å². The highest BCUT2D eigenvalue weighted by Crippen LogP contribution is 2.28. The summed E-state index contributed by atoms with van der Waals surface area (Å²) in [5.41, 5.74) is 0.716. The van der Waals surface area contributed by atoms with Crippen molar-refractivity contribution in [2.24, 2.45) is 0 Å². The fourth-order valence-electron chi connectivity index (χ4n) is 1.57. The minimum absolute atomic E-state index is 0.0399. The van der Waals surface area contributed by atoms with E-state index in [2.05, 4.69) is 5.32 Å². The van der Waals surface area contributed by atoms with Gasteiger partial charge in [0.05, 0.1) is 13.7 Å². The molecule has 1 saturated carbocycles. The van der Waals surface area contributed by atoms with Gasteiger partial charge in [0, 0.05) is 6.04 Å². The first kappa shape index (κ1) is 12.7. The summed E-state index contributed by atoms with van der Waals surface area (Å²) in [6, 6.07) is 5.45. The zero-order chi connectivity index (χ0) is 13.0. The van der Waals surface area contributed by atoms with Crippen LogP contribution in [0.25, 0.3) is 0 Å². The smallest absolute Gasteiger partial charge is 0.258 e. The van der Waals surface area contributed by atoms with E-state index in [4.69, 9.17) is 14.6 Å². The monoisotopic (exact) mass is 251 g/mol. The molecular formula is C13H17NO4. The van der Waals surface area contributed by atoms with Gasteiger partial charge in [0.1, 0.15) is 0 Å². The second-order valence-corrected chi connectivity index (χ2v) is 4.27. The molecule has 98 valence electrons. The van der Waals surface area contributed by atoms with Crippen molar-refractivity contribution in [3.63, 3.8) is 0 Å². The largest absolute Gasteiger partial charge is 0.493 e. The lowest BCUT2D eigenvalue weighted by atomic mass is 10.2. The van der Waals surface area contributed by atoms with Crippen LogP contribution >= 0.6 is 0 Å². The molecule has 18 heavy (non-hydrogen) atoms. The van der Waals surface area contributed by atoms with Gasteiger partial charge in [0.25, 0.3) is 5.91 Å². The van der Waals surface area contributed by atoms with Gasteiger partial charge in [0.15, 0.2) is 18.1 Å². The van der Waals surface area contributed by atoms with E-state index in [0.717, 1.165) is 12.8 Å². The Bertz CT molecular complexity index is 429. The molecule has 1 aliphatic carbocycles. The first-order chi connectivity index (χ1) is 8.72. The molecule has 1 fully saturated rings. The highest BCUT2D eigenvalue weighted by molar-refractivity contribution is 5.78. The van der Waals surface area contributed by atoms with Crippen LogP contribution in [0.1, 0.15) is 18.4 Å². The zero-order valence-corrected chi connectivity index (χ0v) is 10.3. The minimum Gasteiger partial charge on any atom is -0.493 e. The number of aliphatic hydroxyl groups excluding tert-OH is 1. The average Bonchev–Trinajstić information content (AvgIpc) is 3.19. The Morgan fingerprint density at radius 3 is 2.83 bits per heavy atom. The van der Waals surface area contributed by atoms with Gasteiger partial charge in [-0.15, -0.1) is 0 Å². The lowest BCUT2D eigenvalue weighted by Crippen LogP contribution is -2.30. The predicted octanol–water partition coefficient (Wildman–Crippen LogP) is 0.845. The molecule has 1 aliphatic rings. The molecule has 5 nitrogen and oxygen atoms in total. The number of benzene rings is 1. The number of rotatable bonds is 6. The van der Waals surface area contributed by atoms with E-state index < -0.39 is 0 Å². The molecule has 0 saturated heterocycles. The molecule has 1 amide bonds. The average molecular weight is 251 g/mol. The molecule has 2 rings (SSSR count). The third-order valence-corrected chi connectivity index (χ3v) is 2.71. The first-order valence-electron chi connectivity index (χ1n) is 5.93. The molecule has 0 aliphatic heterocycles. The number of carbonyl (C=O) groups excluding carboxylic acids is 1. The zero-order valence-electron chi connectivity index (χ0n) is 10.3. The van der Waals surface area contributed by atoms with E-state index in [1.165, 1.54) is 7.11 Å². The molecule has 0 atom stereocenters. The Labute approximate surface area is 106 Å². The number of amides is 1. The fourth-order valence-corrected chi connectivity index (χ4v) is 1.57. The van der Waals surface area contributed by atoms with E-state index in [1.807, 2.05) is 0 Å². The lowest BCUT2D eigenvalue weighted by molar-refractivity contribution is -0.123. The third-order valence-electron chi connectivity index (χ3n) is 2.71. The minimum atomic E-state index is -0.131. The maximum Gasteiger partial charge on any atom is 0.258 e. The Hall–Kier alpha value is -1.75. The number of nitrogens with one attached hydrogen (secondary N) is 1. The van der Waals surface area contributed by atoms with Crippen LogP contribution in [0.5, 0.6) is 11.5 Å². The highest BCUT2D eigenvalue weighted by atomic mass is 16.5. The molecule has 2 N–H and O–H groups in total. The second kappa shape index (κ2) is 5.73. The van der Waals surface area contributed by atoms with Crippen molar-refractivity contribution in [3.8, 4) is 11.5 Å². The van der Waals surface area contributed by atoms with Crippen molar-refractivity contribution in [2.45, 2.75) is 25.5 Å². The summed E-state index contributed by atoms with van der Waals surface area (Å²) in [5, 5.41) is 11.9. The van der Waals surface area contributed by atoms with Crippen molar-refractivity contribution >= 4 is 5.91 Å². The summed E-state index contributed by atoms with van der Waals surface area (Å²) in [7, 11) is 1.53. The van der Waals surface area contributed by atoms with Crippen LogP contribution < -0.4 is 14.8 Å². The van der Waals surface area contributed by atoms with Crippen molar-refractivity contribution in [1.82, 2.24) is 5.32 Å². The van der Waals surface area contributed by atoms with Gasteiger partial charge >= 0.3 is 0 Å². The molecule has 1 aromatic carbocycles. The number of carbonyl (C=O) groups is 1. The molecule has 0 bridgehead atoms. The molecule has 0 unspecified atom stereocenters. The van der Waals surface area contributed by atoms with Gasteiger partial charge in [-0.3, -0.25) is 4.79 Å². The maximum absolute atomic E-state index is 11.5. The van der Waals surface area contributed by atoms with Crippen LogP contribution in [-0.2, 0) is 11.4 Å². The molecule has 0 aromatic heterocycles. The first-order valence-corrected chi connectivity index (χ1v) is 5.93.